The van der Waals surface area contributed by atoms with Crippen molar-refractivity contribution >= 4 is 23.3 Å². The Balaban J connectivity index is 2.13. The molecular weight excluding hydrogens is 312 g/mol. The zero-order valence-corrected chi connectivity index (χ0v) is 13.0. The van der Waals surface area contributed by atoms with E-state index < -0.39 is 16.8 Å². The van der Waals surface area contributed by atoms with Crippen molar-refractivity contribution in [3.8, 4) is 0 Å². The fourth-order valence-electron chi connectivity index (χ4n) is 1.97. The van der Waals surface area contributed by atoms with Crippen LogP contribution >= 0.6 is 0 Å². The largest absolute Gasteiger partial charge is 0.462 e. The number of carbonyl (C=O) groups is 2. The Bertz CT molecular complexity index is 773. The number of amides is 1. The molecule has 2 rings (SSSR count). The van der Waals surface area contributed by atoms with Gasteiger partial charge in [-0.2, -0.15) is 0 Å². The first-order chi connectivity index (χ1) is 11.5. The lowest BCUT2D eigenvalue weighted by atomic mass is 10.1. The van der Waals surface area contributed by atoms with Gasteiger partial charge in [0, 0.05) is 23.4 Å². The van der Waals surface area contributed by atoms with Crippen LogP contribution in [-0.2, 0) is 4.74 Å². The summed E-state index contributed by atoms with van der Waals surface area (Å²) in [6.45, 7) is 2.21. The van der Waals surface area contributed by atoms with Crippen LogP contribution in [0.15, 0.2) is 48.5 Å². The lowest BCUT2D eigenvalue weighted by Gasteiger charge is -2.07. The molecule has 0 unspecified atom stereocenters. The van der Waals surface area contributed by atoms with Crippen LogP contribution in [0, 0.1) is 10.1 Å². The summed E-state index contributed by atoms with van der Waals surface area (Å²) >= 11 is 0. The van der Waals surface area contributed by atoms with Crippen molar-refractivity contribution in [2.45, 2.75) is 13.3 Å². The van der Waals surface area contributed by atoms with Crippen LogP contribution in [-0.4, -0.2) is 23.4 Å². The fraction of sp³-hybridized carbons (Fsp3) is 0.176. The molecule has 124 valence electrons. The predicted octanol–water partition coefficient (Wildman–Crippen LogP) is 3.41. The van der Waals surface area contributed by atoms with Gasteiger partial charge in [-0.05, 0) is 30.7 Å². The SMILES string of the molecule is CCCOC(=O)c1cccc(NC(=O)c2cccc([N+](=O)[O-])c2)c1. The molecule has 24 heavy (non-hydrogen) atoms. The van der Waals surface area contributed by atoms with Gasteiger partial charge in [0.05, 0.1) is 17.1 Å². The second-order valence-electron chi connectivity index (χ2n) is 4.98. The Morgan fingerprint density at radius 1 is 1.12 bits per heavy atom. The van der Waals surface area contributed by atoms with E-state index in [1.54, 1.807) is 18.2 Å². The van der Waals surface area contributed by atoms with E-state index in [0.29, 0.717) is 17.9 Å². The lowest BCUT2D eigenvalue weighted by molar-refractivity contribution is -0.384. The van der Waals surface area contributed by atoms with Crippen LogP contribution in [0.25, 0.3) is 0 Å². The number of non-ortho nitro benzene ring substituents is 1. The highest BCUT2D eigenvalue weighted by molar-refractivity contribution is 6.05. The Hall–Kier alpha value is -3.22. The molecule has 0 aliphatic heterocycles. The number of hydrogen-bond acceptors (Lipinski definition) is 5. The molecule has 0 saturated heterocycles. The van der Waals surface area contributed by atoms with Crippen molar-refractivity contribution in [1.29, 1.82) is 0 Å². The van der Waals surface area contributed by atoms with Gasteiger partial charge >= 0.3 is 5.97 Å². The number of nitro benzene ring substituents is 1. The molecule has 1 amide bonds. The van der Waals surface area contributed by atoms with Crippen molar-refractivity contribution in [1.82, 2.24) is 0 Å². The summed E-state index contributed by atoms with van der Waals surface area (Å²) in [7, 11) is 0. The van der Waals surface area contributed by atoms with Gasteiger partial charge in [-0.25, -0.2) is 4.79 Å². The monoisotopic (exact) mass is 328 g/mol. The highest BCUT2D eigenvalue weighted by atomic mass is 16.6. The van der Waals surface area contributed by atoms with Crippen LogP contribution in [0.2, 0.25) is 0 Å². The smallest absolute Gasteiger partial charge is 0.338 e. The average molecular weight is 328 g/mol. The van der Waals surface area contributed by atoms with Crippen LogP contribution in [0.3, 0.4) is 0 Å². The molecule has 0 aliphatic rings. The van der Waals surface area contributed by atoms with Crippen LogP contribution in [0.1, 0.15) is 34.1 Å². The molecule has 0 atom stereocenters. The third kappa shape index (κ3) is 4.39. The maximum absolute atomic E-state index is 12.2. The molecule has 0 saturated carbocycles. The summed E-state index contributed by atoms with van der Waals surface area (Å²) in [6.07, 6.45) is 0.717. The number of ether oxygens (including phenoxy) is 1. The fourth-order valence-corrected chi connectivity index (χ4v) is 1.97. The standard InChI is InChI=1S/C17H16N2O5/c1-2-9-24-17(21)13-6-3-7-14(10-13)18-16(20)12-5-4-8-15(11-12)19(22)23/h3-8,10-11H,2,9H2,1H3,(H,18,20). The molecule has 0 radical (unpaired) electrons. The molecule has 0 bridgehead atoms. The molecular formula is C17H16N2O5. The van der Waals surface area contributed by atoms with E-state index in [4.69, 9.17) is 4.74 Å². The van der Waals surface area contributed by atoms with Gasteiger partial charge in [-0.15, -0.1) is 0 Å². The number of hydrogen-bond donors (Lipinski definition) is 1. The van der Waals surface area contributed by atoms with Crippen LogP contribution < -0.4 is 5.32 Å². The van der Waals surface area contributed by atoms with Crippen LogP contribution in [0.4, 0.5) is 11.4 Å². The van der Waals surface area contributed by atoms with Crippen molar-refractivity contribution in [3.05, 3.63) is 69.8 Å². The quantitative estimate of drug-likeness (QED) is 0.498. The van der Waals surface area contributed by atoms with Gasteiger partial charge in [0.2, 0.25) is 0 Å². The number of esters is 1. The van der Waals surface area contributed by atoms with E-state index in [1.165, 1.54) is 30.3 Å². The van der Waals surface area contributed by atoms with E-state index in [2.05, 4.69) is 5.32 Å². The number of nitro groups is 1. The number of carbonyl (C=O) groups excluding carboxylic acids is 2. The van der Waals surface area contributed by atoms with Crippen LogP contribution in [0.5, 0.6) is 0 Å². The summed E-state index contributed by atoms with van der Waals surface area (Å²) in [5.41, 5.74) is 0.709. The van der Waals surface area contributed by atoms with Gasteiger partial charge in [-0.3, -0.25) is 14.9 Å². The molecule has 0 heterocycles. The minimum atomic E-state index is -0.568. The van der Waals surface area contributed by atoms with Gasteiger partial charge in [0.25, 0.3) is 11.6 Å². The topological polar surface area (TPSA) is 98.5 Å². The molecule has 0 fully saturated rings. The molecule has 1 N–H and O–H groups in total. The predicted molar refractivity (Wildman–Crippen MR) is 88.1 cm³/mol. The summed E-state index contributed by atoms with van der Waals surface area (Å²) in [5, 5.41) is 13.4. The van der Waals surface area contributed by atoms with E-state index in [-0.39, 0.29) is 11.3 Å². The number of benzene rings is 2. The van der Waals surface area contributed by atoms with Gasteiger partial charge < -0.3 is 10.1 Å². The van der Waals surface area contributed by atoms with E-state index in [0.717, 1.165) is 6.42 Å². The third-order valence-corrected chi connectivity index (χ3v) is 3.11. The second-order valence-corrected chi connectivity index (χ2v) is 4.98. The Morgan fingerprint density at radius 2 is 1.83 bits per heavy atom. The highest BCUT2D eigenvalue weighted by Gasteiger charge is 2.13. The molecule has 7 nitrogen and oxygen atoms in total. The third-order valence-electron chi connectivity index (χ3n) is 3.11. The maximum Gasteiger partial charge on any atom is 0.338 e. The molecule has 2 aromatic rings. The zero-order chi connectivity index (χ0) is 17.5. The second kappa shape index (κ2) is 7.87. The van der Waals surface area contributed by atoms with E-state index >= 15 is 0 Å². The molecule has 2 aromatic carbocycles. The van der Waals surface area contributed by atoms with E-state index in [1.807, 2.05) is 6.92 Å². The normalized spacial score (nSPS) is 10.0. The minimum Gasteiger partial charge on any atom is -0.462 e. The first-order valence-electron chi connectivity index (χ1n) is 7.34. The number of rotatable bonds is 6. The summed E-state index contributed by atoms with van der Waals surface area (Å²) in [5.74, 6) is -0.971. The highest BCUT2D eigenvalue weighted by Crippen LogP contribution is 2.16. The van der Waals surface area contributed by atoms with Crippen molar-refractivity contribution < 1.29 is 19.2 Å². The number of nitrogens with zero attached hydrogens (tertiary/aromatic N) is 1. The van der Waals surface area contributed by atoms with Crippen molar-refractivity contribution in [2.75, 3.05) is 11.9 Å². The molecule has 7 heteroatoms. The van der Waals surface area contributed by atoms with Gasteiger partial charge in [0.1, 0.15) is 0 Å². The molecule has 0 spiro atoms. The molecule has 0 aliphatic carbocycles. The maximum atomic E-state index is 12.2. The summed E-state index contributed by atoms with van der Waals surface area (Å²) in [4.78, 5) is 34.2. The van der Waals surface area contributed by atoms with E-state index in [9.17, 15) is 19.7 Å². The number of anilines is 1. The Kier molecular flexibility index (Phi) is 5.62. The number of nitrogens with one attached hydrogen (secondary N) is 1. The first-order valence-corrected chi connectivity index (χ1v) is 7.34. The summed E-state index contributed by atoms with van der Waals surface area (Å²) < 4.78 is 5.04. The average Bonchev–Trinajstić information content (AvgIpc) is 2.60. The van der Waals surface area contributed by atoms with Gasteiger partial charge in [0.15, 0.2) is 0 Å². The molecule has 0 aromatic heterocycles. The lowest BCUT2D eigenvalue weighted by Crippen LogP contribution is -2.13. The first kappa shape index (κ1) is 17.1. The Morgan fingerprint density at radius 3 is 2.54 bits per heavy atom. The minimum absolute atomic E-state index is 0.156. The van der Waals surface area contributed by atoms with Crippen molar-refractivity contribution in [3.63, 3.8) is 0 Å². The zero-order valence-electron chi connectivity index (χ0n) is 13.0. The van der Waals surface area contributed by atoms with Crippen molar-refractivity contribution in [2.24, 2.45) is 0 Å². The van der Waals surface area contributed by atoms with Gasteiger partial charge in [-0.1, -0.05) is 19.1 Å². The Labute approximate surface area is 138 Å². The summed E-state index contributed by atoms with van der Waals surface area (Å²) in [6, 6.07) is 11.7.